The van der Waals surface area contributed by atoms with Crippen molar-refractivity contribution in [1.29, 1.82) is 0 Å². The molecule has 0 aromatic carbocycles. The molecule has 1 rings (SSSR count). The van der Waals surface area contributed by atoms with Gasteiger partial charge in [0.05, 0.1) is 6.42 Å². The van der Waals surface area contributed by atoms with Crippen molar-refractivity contribution in [1.82, 2.24) is 4.90 Å². The lowest BCUT2D eigenvalue weighted by molar-refractivity contribution is -0.137. The zero-order valence-corrected chi connectivity index (χ0v) is 9.42. The monoisotopic (exact) mass is 199 g/mol. The molecule has 0 amide bonds. The SMILES string of the molecule is CC(C)(C)C1CCN(CCC(=O)O)C1. The van der Waals surface area contributed by atoms with Crippen molar-refractivity contribution >= 4 is 5.97 Å². The molecule has 1 N–H and O–H groups in total. The Labute approximate surface area is 86.1 Å². The molecule has 1 atom stereocenters. The number of nitrogens with zero attached hydrogens (tertiary/aromatic N) is 1. The van der Waals surface area contributed by atoms with E-state index in [0.29, 0.717) is 12.0 Å². The van der Waals surface area contributed by atoms with E-state index in [2.05, 4.69) is 25.7 Å². The summed E-state index contributed by atoms with van der Waals surface area (Å²) < 4.78 is 0. The van der Waals surface area contributed by atoms with Crippen LogP contribution >= 0.6 is 0 Å². The molecular weight excluding hydrogens is 178 g/mol. The Balaban J connectivity index is 2.31. The van der Waals surface area contributed by atoms with Crippen LogP contribution in [-0.2, 0) is 4.79 Å². The van der Waals surface area contributed by atoms with Crippen molar-refractivity contribution in [3.8, 4) is 0 Å². The van der Waals surface area contributed by atoms with Gasteiger partial charge >= 0.3 is 5.97 Å². The van der Waals surface area contributed by atoms with Gasteiger partial charge in [-0.3, -0.25) is 4.79 Å². The lowest BCUT2D eigenvalue weighted by atomic mass is 9.80. The lowest BCUT2D eigenvalue weighted by Gasteiger charge is -2.26. The summed E-state index contributed by atoms with van der Waals surface area (Å²) in [5.74, 6) is 0.0282. The highest BCUT2D eigenvalue weighted by atomic mass is 16.4. The summed E-state index contributed by atoms with van der Waals surface area (Å²) in [4.78, 5) is 12.7. The fraction of sp³-hybridized carbons (Fsp3) is 0.909. The third-order valence-corrected chi connectivity index (χ3v) is 3.14. The molecule has 0 aromatic heterocycles. The first-order chi connectivity index (χ1) is 6.39. The van der Waals surface area contributed by atoms with Gasteiger partial charge in [-0.1, -0.05) is 20.8 Å². The number of carboxylic acid groups (broad SMARTS) is 1. The van der Waals surface area contributed by atoms with Crippen LogP contribution in [0.5, 0.6) is 0 Å². The molecule has 0 bridgehead atoms. The molecule has 0 aliphatic carbocycles. The summed E-state index contributed by atoms with van der Waals surface area (Å²) in [6, 6.07) is 0. The van der Waals surface area contributed by atoms with E-state index >= 15 is 0 Å². The van der Waals surface area contributed by atoms with Crippen molar-refractivity contribution in [2.75, 3.05) is 19.6 Å². The first-order valence-electron chi connectivity index (χ1n) is 5.34. The molecule has 1 aliphatic rings. The highest BCUT2D eigenvalue weighted by Gasteiger charge is 2.31. The molecule has 1 fully saturated rings. The Morgan fingerprint density at radius 3 is 2.57 bits per heavy atom. The summed E-state index contributed by atoms with van der Waals surface area (Å²) in [6.45, 7) is 9.63. The molecule has 0 spiro atoms. The van der Waals surface area contributed by atoms with Crippen molar-refractivity contribution in [2.24, 2.45) is 11.3 Å². The minimum absolute atomic E-state index is 0.275. The van der Waals surface area contributed by atoms with E-state index in [1.54, 1.807) is 0 Å². The summed E-state index contributed by atoms with van der Waals surface area (Å²) in [5.41, 5.74) is 0.359. The second-order valence-electron chi connectivity index (χ2n) is 5.30. The van der Waals surface area contributed by atoms with Gasteiger partial charge in [0.15, 0.2) is 0 Å². The van der Waals surface area contributed by atoms with Crippen molar-refractivity contribution in [3.63, 3.8) is 0 Å². The largest absolute Gasteiger partial charge is 0.481 e. The van der Waals surface area contributed by atoms with Gasteiger partial charge < -0.3 is 10.0 Å². The van der Waals surface area contributed by atoms with E-state index in [0.717, 1.165) is 19.0 Å². The van der Waals surface area contributed by atoms with Gasteiger partial charge in [0.25, 0.3) is 0 Å². The van der Waals surface area contributed by atoms with Gasteiger partial charge in [-0.25, -0.2) is 0 Å². The fourth-order valence-corrected chi connectivity index (χ4v) is 2.00. The molecule has 1 unspecified atom stereocenters. The van der Waals surface area contributed by atoms with E-state index in [-0.39, 0.29) is 6.42 Å². The molecule has 0 aromatic rings. The predicted molar refractivity (Wildman–Crippen MR) is 56.3 cm³/mol. The van der Waals surface area contributed by atoms with Crippen molar-refractivity contribution < 1.29 is 9.90 Å². The van der Waals surface area contributed by atoms with Gasteiger partial charge in [-0.05, 0) is 24.3 Å². The summed E-state index contributed by atoms with van der Waals surface area (Å²) in [7, 11) is 0. The third kappa shape index (κ3) is 3.29. The van der Waals surface area contributed by atoms with Gasteiger partial charge in [-0.2, -0.15) is 0 Å². The van der Waals surface area contributed by atoms with Crippen LogP contribution in [0.3, 0.4) is 0 Å². The number of carboxylic acids is 1. The number of rotatable bonds is 3. The number of hydrogen-bond donors (Lipinski definition) is 1. The summed E-state index contributed by atoms with van der Waals surface area (Å²) >= 11 is 0. The Bertz CT molecular complexity index is 208. The van der Waals surface area contributed by atoms with Gasteiger partial charge in [0.2, 0.25) is 0 Å². The second kappa shape index (κ2) is 4.30. The first kappa shape index (κ1) is 11.5. The van der Waals surface area contributed by atoms with Crippen LogP contribution in [0.25, 0.3) is 0 Å². The molecule has 3 heteroatoms. The molecule has 3 nitrogen and oxygen atoms in total. The van der Waals surface area contributed by atoms with Gasteiger partial charge in [0.1, 0.15) is 0 Å². The Hall–Kier alpha value is -0.570. The summed E-state index contributed by atoms with van der Waals surface area (Å²) in [6.07, 6.45) is 1.49. The number of hydrogen-bond acceptors (Lipinski definition) is 2. The van der Waals surface area contributed by atoms with Gasteiger partial charge in [-0.15, -0.1) is 0 Å². The first-order valence-corrected chi connectivity index (χ1v) is 5.34. The highest BCUT2D eigenvalue weighted by Crippen LogP contribution is 2.33. The Kier molecular flexibility index (Phi) is 3.53. The zero-order chi connectivity index (χ0) is 10.8. The van der Waals surface area contributed by atoms with E-state index < -0.39 is 5.97 Å². The lowest BCUT2D eigenvalue weighted by Crippen LogP contribution is -2.27. The van der Waals surface area contributed by atoms with Gasteiger partial charge in [0, 0.05) is 13.1 Å². The average Bonchev–Trinajstić information content (AvgIpc) is 2.47. The van der Waals surface area contributed by atoms with E-state index in [1.807, 2.05) is 0 Å². The van der Waals surface area contributed by atoms with Crippen LogP contribution in [0.15, 0.2) is 0 Å². The third-order valence-electron chi connectivity index (χ3n) is 3.14. The predicted octanol–water partition coefficient (Wildman–Crippen LogP) is 1.83. The molecule has 0 radical (unpaired) electrons. The minimum atomic E-state index is -0.691. The average molecular weight is 199 g/mol. The zero-order valence-electron chi connectivity index (χ0n) is 9.42. The highest BCUT2D eigenvalue weighted by molar-refractivity contribution is 5.66. The molecule has 82 valence electrons. The Morgan fingerprint density at radius 1 is 1.50 bits per heavy atom. The topological polar surface area (TPSA) is 40.5 Å². The smallest absolute Gasteiger partial charge is 0.304 e. The molecule has 1 heterocycles. The number of likely N-dealkylation sites (tertiary alicyclic amines) is 1. The number of carbonyl (C=O) groups is 1. The number of aliphatic carboxylic acids is 1. The Morgan fingerprint density at radius 2 is 2.14 bits per heavy atom. The van der Waals surface area contributed by atoms with Crippen LogP contribution < -0.4 is 0 Å². The molecule has 1 saturated heterocycles. The normalized spacial score (nSPS) is 24.1. The van der Waals surface area contributed by atoms with E-state index in [4.69, 9.17) is 5.11 Å². The molecule has 14 heavy (non-hydrogen) atoms. The molecule has 0 saturated carbocycles. The maximum absolute atomic E-state index is 10.4. The second-order valence-corrected chi connectivity index (χ2v) is 5.30. The quantitative estimate of drug-likeness (QED) is 0.754. The summed E-state index contributed by atoms with van der Waals surface area (Å²) in [5, 5.41) is 8.57. The van der Waals surface area contributed by atoms with Crippen LogP contribution in [0.4, 0.5) is 0 Å². The van der Waals surface area contributed by atoms with Crippen molar-refractivity contribution in [2.45, 2.75) is 33.6 Å². The van der Waals surface area contributed by atoms with Crippen LogP contribution in [-0.4, -0.2) is 35.6 Å². The van der Waals surface area contributed by atoms with Crippen LogP contribution in [0, 0.1) is 11.3 Å². The van der Waals surface area contributed by atoms with Crippen LogP contribution in [0.1, 0.15) is 33.6 Å². The molecule has 1 aliphatic heterocycles. The maximum atomic E-state index is 10.4. The van der Waals surface area contributed by atoms with E-state index in [1.165, 1.54) is 6.42 Å². The molecular formula is C11H21NO2. The maximum Gasteiger partial charge on any atom is 0.304 e. The standard InChI is InChI=1S/C11H21NO2/c1-11(2,3)9-4-6-12(8-9)7-5-10(13)14/h9H,4-8H2,1-3H3,(H,13,14). The fourth-order valence-electron chi connectivity index (χ4n) is 2.00. The van der Waals surface area contributed by atoms with E-state index in [9.17, 15) is 4.79 Å². The minimum Gasteiger partial charge on any atom is -0.481 e. The van der Waals surface area contributed by atoms with Crippen molar-refractivity contribution in [3.05, 3.63) is 0 Å². The van der Waals surface area contributed by atoms with Crippen LogP contribution in [0.2, 0.25) is 0 Å².